The number of H-pyrrole nitrogens is 1. The highest BCUT2D eigenvalue weighted by Crippen LogP contribution is 2.34. The van der Waals surface area contributed by atoms with Crippen molar-refractivity contribution in [2.45, 2.75) is 12.5 Å². The van der Waals surface area contributed by atoms with Crippen LogP contribution in [0.1, 0.15) is 48.4 Å². The first-order valence-corrected chi connectivity index (χ1v) is 12.7. The van der Waals surface area contributed by atoms with Gasteiger partial charge < -0.3 is 15.0 Å². The molecular weight excluding hydrogens is 496 g/mol. The van der Waals surface area contributed by atoms with E-state index < -0.39 is 5.97 Å². The zero-order valence-corrected chi connectivity index (χ0v) is 21.3. The number of imide groups is 1. The maximum absolute atomic E-state index is 13.4. The topological polar surface area (TPSA) is 112 Å². The summed E-state index contributed by atoms with van der Waals surface area (Å²) in [5, 5.41) is 3.60. The number of nitrogens with one attached hydrogen (secondary N) is 2. The number of amides is 3. The number of hydrogen-bond acceptors (Lipinski definition) is 6. The van der Waals surface area contributed by atoms with Crippen LogP contribution < -0.4 is 5.32 Å². The Balaban J connectivity index is 1.28. The van der Waals surface area contributed by atoms with Crippen molar-refractivity contribution in [2.75, 3.05) is 32.1 Å². The van der Waals surface area contributed by atoms with Gasteiger partial charge in [0.25, 0.3) is 11.8 Å². The SMILES string of the molecule is COC(=O)c1[nH]c2ccccc2c1NC(=O)CN1CCc2ccccc2[C@@H]1CN1C(=O)c2ccccc2C1=O. The van der Waals surface area contributed by atoms with E-state index in [0.29, 0.717) is 34.3 Å². The summed E-state index contributed by atoms with van der Waals surface area (Å²) in [4.78, 5) is 58.4. The molecule has 0 unspecified atom stereocenters. The van der Waals surface area contributed by atoms with E-state index in [1.54, 1.807) is 24.3 Å². The van der Waals surface area contributed by atoms with Crippen LogP contribution in [0.5, 0.6) is 0 Å². The number of rotatable bonds is 6. The standard InChI is InChI=1S/C30H26N4O5/c1-39-30(38)27-26(22-12-6-7-13-23(22)31-27)32-25(35)17-33-15-14-18-8-2-3-9-19(18)24(33)16-34-28(36)20-10-4-5-11-21(20)29(34)37/h2-13,24,31H,14-17H2,1H3,(H,32,35)/t24-/m0/s1. The van der Waals surface area contributed by atoms with Gasteiger partial charge in [-0.1, -0.05) is 54.6 Å². The highest BCUT2D eigenvalue weighted by molar-refractivity contribution is 6.21. The Morgan fingerprint density at radius 2 is 1.62 bits per heavy atom. The highest BCUT2D eigenvalue weighted by Gasteiger charge is 2.39. The summed E-state index contributed by atoms with van der Waals surface area (Å²) in [6.45, 7) is 0.690. The van der Waals surface area contributed by atoms with Crippen LogP contribution in [0.3, 0.4) is 0 Å². The number of aromatic amines is 1. The molecule has 3 amide bonds. The number of fused-ring (bicyclic) bond motifs is 3. The third-order valence-corrected chi connectivity index (χ3v) is 7.46. The van der Waals surface area contributed by atoms with Gasteiger partial charge in [-0.3, -0.25) is 24.2 Å². The van der Waals surface area contributed by atoms with Crippen molar-refractivity contribution in [3.8, 4) is 0 Å². The molecule has 0 bridgehead atoms. The van der Waals surface area contributed by atoms with Crippen LogP contribution in [0.2, 0.25) is 0 Å². The van der Waals surface area contributed by atoms with E-state index >= 15 is 0 Å². The lowest BCUT2D eigenvalue weighted by molar-refractivity contribution is -0.118. The fourth-order valence-corrected chi connectivity index (χ4v) is 5.57. The number of carbonyl (C=O) groups is 4. The minimum absolute atomic E-state index is 0.00227. The average Bonchev–Trinajstić information content (AvgIpc) is 3.44. The number of anilines is 1. The minimum Gasteiger partial charge on any atom is -0.464 e. The number of ether oxygens (including phenoxy) is 1. The first-order chi connectivity index (χ1) is 19.0. The number of para-hydroxylation sites is 1. The molecule has 0 spiro atoms. The normalized spacial score (nSPS) is 16.7. The molecule has 1 atom stereocenters. The fourth-order valence-electron chi connectivity index (χ4n) is 5.57. The molecule has 196 valence electrons. The molecule has 0 saturated carbocycles. The van der Waals surface area contributed by atoms with Crippen molar-refractivity contribution in [3.05, 3.63) is 101 Å². The van der Waals surface area contributed by atoms with Crippen molar-refractivity contribution in [2.24, 2.45) is 0 Å². The van der Waals surface area contributed by atoms with Gasteiger partial charge in [-0.25, -0.2) is 4.79 Å². The quantitative estimate of drug-likeness (QED) is 0.294. The second-order valence-electron chi connectivity index (χ2n) is 9.66. The van der Waals surface area contributed by atoms with Crippen LogP contribution in [0, 0.1) is 0 Å². The first-order valence-electron chi connectivity index (χ1n) is 12.7. The van der Waals surface area contributed by atoms with Crippen molar-refractivity contribution < 1.29 is 23.9 Å². The van der Waals surface area contributed by atoms with Gasteiger partial charge in [0.15, 0.2) is 0 Å². The Morgan fingerprint density at radius 1 is 0.949 bits per heavy atom. The van der Waals surface area contributed by atoms with Crippen molar-refractivity contribution in [1.29, 1.82) is 0 Å². The van der Waals surface area contributed by atoms with Gasteiger partial charge >= 0.3 is 5.97 Å². The monoisotopic (exact) mass is 522 g/mol. The Bertz CT molecular complexity index is 1610. The zero-order valence-electron chi connectivity index (χ0n) is 21.3. The fraction of sp³-hybridized carbons (Fsp3) is 0.200. The number of benzene rings is 3. The summed E-state index contributed by atoms with van der Waals surface area (Å²) in [6, 6.07) is 21.6. The van der Waals surface area contributed by atoms with E-state index in [2.05, 4.69) is 10.3 Å². The van der Waals surface area contributed by atoms with Crippen molar-refractivity contribution >= 4 is 40.3 Å². The van der Waals surface area contributed by atoms with Gasteiger partial charge in [0.2, 0.25) is 5.91 Å². The largest absolute Gasteiger partial charge is 0.464 e. The summed E-state index contributed by atoms with van der Waals surface area (Å²) in [5.74, 6) is -1.57. The summed E-state index contributed by atoms with van der Waals surface area (Å²) < 4.78 is 4.91. The van der Waals surface area contributed by atoms with E-state index in [4.69, 9.17) is 4.74 Å². The summed E-state index contributed by atoms with van der Waals surface area (Å²) in [7, 11) is 1.29. The third kappa shape index (κ3) is 4.26. The van der Waals surface area contributed by atoms with Gasteiger partial charge in [-0.05, 0) is 35.7 Å². The predicted octanol–water partition coefficient (Wildman–Crippen LogP) is 3.79. The van der Waals surface area contributed by atoms with E-state index in [-0.39, 0.29) is 42.5 Å². The minimum atomic E-state index is -0.586. The first kappa shape index (κ1) is 24.6. The van der Waals surface area contributed by atoms with E-state index in [9.17, 15) is 19.2 Å². The van der Waals surface area contributed by atoms with Crippen LogP contribution in [-0.4, -0.2) is 65.2 Å². The van der Waals surface area contributed by atoms with Crippen LogP contribution in [-0.2, 0) is 16.0 Å². The predicted molar refractivity (Wildman–Crippen MR) is 145 cm³/mol. The molecule has 3 heterocycles. The molecule has 4 aromatic rings. The van der Waals surface area contributed by atoms with E-state index in [1.807, 2.05) is 53.4 Å². The van der Waals surface area contributed by atoms with Gasteiger partial charge in [0.1, 0.15) is 5.69 Å². The molecule has 2 aliphatic rings. The number of methoxy groups -OCH3 is 1. The highest BCUT2D eigenvalue weighted by atomic mass is 16.5. The molecule has 0 saturated heterocycles. The van der Waals surface area contributed by atoms with Crippen LogP contribution in [0.15, 0.2) is 72.8 Å². The van der Waals surface area contributed by atoms with Crippen LogP contribution in [0.4, 0.5) is 5.69 Å². The lowest BCUT2D eigenvalue weighted by Gasteiger charge is -2.38. The summed E-state index contributed by atoms with van der Waals surface area (Å²) in [5.41, 5.74) is 4.12. The Labute approximate surface area is 224 Å². The maximum Gasteiger partial charge on any atom is 0.356 e. The van der Waals surface area contributed by atoms with Gasteiger partial charge in [-0.2, -0.15) is 0 Å². The molecule has 6 rings (SSSR count). The molecule has 9 nitrogen and oxygen atoms in total. The van der Waals surface area contributed by atoms with Crippen molar-refractivity contribution in [3.63, 3.8) is 0 Å². The maximum atomic E-state index is 13.4. The molecule has 39 heavy (non-hydrogen) atoms. The Kier molecular flexibility index (Phi) is 6.20. The second-order valence-corrected chi connectivity index (χ2v) is 9.66. The summed E-state index contributed by atoms with van der Waals surface area (Å²) in [6.07, 6.45) is 0.725. The summed E-state index contributed by atoms with van der Waals surface area (Å²) >= 11 is 0. The second kappa shape index (κ2) is 9.85. The van der Waals surface area contributed by atoms with E-state index in [0.717, 1.165) is 17.5 Å². The molecule has 0 aliphatic carbocycles. The molecule has 9 heteroatoms. The number of carbonyl (C=O) groups excluding carboxylic acids is 4. The van der Waals surface area contributed by atoms with Crippen molar-refractivity contribution in [1.82, 2.24) is 14.8 Å². The van der Waals surface area contributed by atoms with Gasteiger partial charge in [0, 0.05) is 24.0 Å². The molecule has 3 aromatic carbocycles. The van der Waals surface area contributed by atoms with E-state index in [1.165, 1.54) is 12.0 Å². The van der Waals surface area contributed by atoms with Crippen LogP contribution >= 0.6 is 0 Å². The zero-order chi connectivity index (χ0) is 27.1. The molecule has 1 aromatic heterocycles. The third-order valence-electron chi connectivity index (χ3n) is 7.46. The number of aromatic nitrogens is 1. The Morgan fingerprint density at radius 3 is 2.36 bits per heavy atom. The molecule has 2 aliphatic heterocycles. The Hall–Kier alpha value is -4.76. The molecular formula is C30H26N4O5. The average molecular weight is 523 g/mol. The van der Waals surface area contributed by atoms with Gasteiger partial charge in [-0.15, -0.1) is 0 Å². The number of esters is 1. The van der Waals surface area contributed by atoms with Crippen LogP contribution in [0.25, 0.3) is 10.9 Å². The number of nitrogens with zero attached hydrogens (tertiary/aromatic N) is 2. The number of hydrogen-bond donors (Lipinski definition) is 2. The lowest BCUT2D eigenvalue weighted by atomic mass is 9.92. The van der Waals surface area contributed by atoms with Gasteiger partial charge in [0.05, 0.1) is 36.5 Å². The molecule has 2 N–H and O–H groups in total. The molecule has 0 radical (unpaired) electrons. The molecule has 0 fully saturated rings. The smallest absolute Gasteiger partial charge is 0.356 e. The lowest BCUT2D eigenvalue weighted by Crippen LogP contribution is -2.46.